The first-order valence-electron chi connectivity index (χ1n) is 5.27. The van der Waals surface area contributed by atoms with Gasteiger partial charge in [-0.15, -0.1) is 0 Å². The Morgan fingerprint density at radius 3 is 2.67 bits per heavy atom. The summed E-state index contributed by atoms with van der Waals surface area (Å²) in [6.45, 7) is 6.76. The first-order chi connectivity index (χ1) is 7.26. The van der Waals surface area contributed by atoms with Gasteiger partial charge in [0.15, 0.2) is 0 Å². The van der Waals surface area contributed by atoms with Crippen molar-refractivity contribution >= 4 is 0 Å². The van der Waals surface area contributed by atoms with Gasteiger partial charge in [-0.3, -0.25) is 9.88 Å². The van der Waals surface area contributed by atoms with Crippen molar-refractivity contribution in [1.29, 1.82) is 5.26 Å². The number of hydrogen-bond donors (Lipinski definition) is 0. The molecule has 15 heavy (non-hydrogen) atoms. The van der Waals surface area contributed by atoms with Gasteiger partial charge in [0.05, 0.1) is 12.0 Å². The van der Waals surface area contributed by atoms with E-state index in [9.17, 15) is 0 Å². The highest BCUT2D eigenvalue weighted by atomic mass is 15.1. The summed E-state index contributed by atoms with van der Waals surface area (Å²) in [5, 5.41) is 8.76. The summed E-state index contributed by atoms with van der Waals surface area (Å²) in [4.78, 5) is 6.25. The van der Waals surface area contributed by atoms with E-state index in [1.165, 1.54) is 5.56 Å². The molecule has 1 aromatic heterocycles. The minimum atomic E-state index is 0.0896. The number of nitrogens with zero attached hydrogens (tertiary/aromatic N) is 3. The summed E-state index contributed by atoms with van der Waals surface area (Å²) in [6.07, 6.45) is 3.60. The number of aromatic nitrogens is 1. The number of pyridine rings is 1. The van der Waals surface area contributed by atoms with Gasteiger partial charge < -0.3 is 0 Å². The molecule has 0 aliphatic rings. The molecular weight excluding hydrogens is 186 g/mol. The second-order valence-corrected chi connectivity index (χ2v) is 3.71. The van der Waals surface area contributed by atoms with Gasteiger partial charge in [0, 0.05) is 25.5 Å². The highest BCUT2D eigenvalue weighted by molar-refractivity contribution is 5.09. The Morgan fingerprint density at radius 2 is 2.13 bits per heavy atom. The molecule has 0 aromatic carbocycles. The van der Waals surface area contributed by atoms with Crippen LogP contribution in [0.3, 0.4) is 0 Å². The van der Waals surface area contributed by atoms with Crippen molar-refractivity contribution in [2.75, 3.05) is 13.1 Å². The number of nitriles is 1. The van der Waals surface area contributed by atoms with E-state index in [0.29, 0.717) is 0 Å². The fraction of sp³-hybridized carbons (Fsp3) is 0.500. The molecule has 0 N–H and O–H groups in total. The van der Waals surface area contributed by atoms with Crippen molar-refractivity contribution in [3.63, 3.8) is 0 Å². The molecule has 0 bridgehead atoms. The van der Waals surface area contributed by atoms with Crippen LogP contribution in [0.5, 0.6) is 0 Å². The first kappa shape index (κ1) is 11.7. The van der Waals surface area contributed by atoms with Crippen LogP contribution >= 0.6 is 0 Å². The molecule has 1 unspecified atom stereocenters. The minimum Gasteiger partial charge on any atom is -0.298 e. The molecule has 1 rings (SSSR count). The SMILES string of the molecule is CCN(Cc1ccncc1)CC(C)C#N. The summed E-state index contributed by atoms with van der Waals surface area (Å²) in [5.74, 6) is 0.0896. The minimum absolute atomic E-state index is 0.0896. The second-order valence-electron chi connectivity index (χ2n) is 3.71. The smallest absolute Gasteiger partial charge is 0.0666 e. The van der Waals surface area contributed by atoms with Crippen LogP contribution in [0.15, 0.2) is 24.5 Å². The first-order valence-corrected chi connectivity index (χ1v) is 5.27. The Morgan fingerprint density at radius 1 is 1.47 bits per heavy atom. The predicted molar refractivity (Wildman–Crippen MR) is 60.0 cm³/mol. The zero-order valence-electron chi connectivity index (χ0n) is 9.35. The van der Waals surface area contributed by atoms with Crippen LogP contribution in [0.1, 0.15) is 19.4 Å². The maximum atomic E-state index is 8.76. The van der Waals surface area contributed by atoms with Crippen LogP contribution in [0.2, 0.25) is 0 Å². The Hall–Kier alpha value is -1.40. The Balaban J connectivity index is 2.51. The molecule has 1 aromatic rings. The van der Waals surface area contributed by atoms with Crippen molar-refractivity contribution in [3.05, 3.63) is 30.1 Å². The van der Waals surface area contributed by atoms with Crippen LogP contribution < -0.4 is 0 Å². The van der Waals surface area contributed by atoms with Gasteiger partial charge in [-0.1, -0.05) is 6.92 Å². The molecule has 0 aliphatic heterocycles. The quantitative estimate of drug-likeness (QED) is 0.735. The largest absolute Gasteiger partial charge is 0.298 e. The summed E-state index contributed by atoms with van der Waals surface area (Å²) in [5.41, 5.74) is 1.25. The molecule has 0 amide bonds. The lowest BCUT2D eigenvalue weighted by Gasteiger charge is -2.21. The summed E-state index contributed by atoms with van der Waals surface area (Å²) in [7, 11) is 0. The molecule has 1 atom stereocenters. The van der Waals surface area contributed by atoms with E-state index < -0.39 is 0 Å². The maximum absolute atomic E-state index is 8.76. The van der Waals surface area contributed by atoms with Gasteiger partial charge in [0.1, 0.15) is 0 Å². The molecule has 0 fully saturated rings. The van der Waals surface area contributed by atoms with Gasteiger partial charge in [-0.05, 0) is 31.2 Å². The molecule has 3 nitrogen and oxygen atoms in total. The van der Waals surface area contributed by atoms with Crippen molar-refractivity contribution in [2.24, 2.45) is 5.92 Å². The lowest BCUT2D eigenvalue weighted by molar-refractivity contribution is 0.260. The lowest BCUT2D eigenvalue weighted by Crippen LogP contribution is -2.27. The Bertz CT molecular complexity index is 315. The normalized spacial score (nSPS) is 12.4. The van der Waals surface area contributed by atoms with Crippen LogP contribution in [0.25, 0.3) is 0 Å². The highest BCUT2D eigenvalue weighted by Crippen LogP contribution is 2.05. The zero-order chi connectivity index (χ0) is 11.1. The van der Waals surface area contributed by atoms with Crippen LogP contribution in [0.4, 0.5) is 0 Å². The van der Waals surface area contributed by atoms with E-state index in [2.05, 4.69) is 22.9 Å². The van der Waals surface area contributed by atoms with E-state index in [0.717, 1.165) is 19.6 Å². The van der Waals surface area contributed by atoms with Gasteiger partial charge in [-0.25, -0.2) is 0 Å². The van der Waals surface area contributed by atoms with Crippen LogP contribution in [0, 0.1) is 17.2 Å². The van der Waals surface area contributed by atoms with E-state index in [4.69, 9.17) is 5.26 Å². The summed E-state index contributed by atoms with van der Waals surface area (Å²) >= 11 is 0. The van der Waals surface area contributed by atoms with E-state index in [1.54, 1.807) is 12.4 Å². The third-order valence-corrected chi connectivity index (χ3v) is 2.36. The molecule has 0 saturated carbocycles. The standard InChI is InChI=1S/C12H17N3/c1-3-15(9-11(2)8-13)10-12-4-6-14-7-5-12/h4-7,11H,3,9-10H2,1-2H3. The molecule has 3 heteroatoms. The molecule has 80 valence electrons. The molecule has 0 saturated heterocycles. The van der Waals surface area contributed by atoms with Crippen molar-refractivity contribution in [1.82, 2.24) is 9.88 Å². The topological polar surface area (TPSA) is 39.9 Å². The summed E-state index contributed by atoms with van der Waals surface area (Å²) < 4.78 is 0. The van der Waals surface area contributed by atoms with Crippen molar-refractivity contribution < 1.29 is 0 Å². The number of hydrogen-bond acceptors (Lipinski definition) is 3. The number of rotatable bonds is 5. The zero-order valence-corrected chi connectivity index (χ0v) is 9.35. The molecule has 0 radical (unpaired) electrons. The monoisotopic (exact) mass is 203 g/mol. The average molecular weight is 203 g/mol. The summed E-state index contributed by atoms with van der Waals surface area (Å²) in [6, 6.07) is 6.29. The van der Waals surface area contributed by atoms with E-state index in [-0.39, 0.29) is 5.92 Å². The fourth-order valence-electron chi connectivity index (χ4n) is 1.48. The molecule has 1 heterocycles. The third-order valence-electron chi connectivity index (χ3n) is 2.36. The van der Waals surface area contributed by atoms with Crippen LogP contribution in [-0.4, -0.2) is 23.0 Å². The van der Waals surface area contributed by atoms with Crippen molar-refractivity contribution in [3.8, 4) is 6.07 Å². The van der Waals surface area contributed by atoms with Gasteiger partial charge in [0.2, 0.25) is 0 Å². The van der Waals surface area contributed by atoms with E-state index >= 15 is 0 Å². The lowest BCUT2D eigenvalue weighted by atomic mass is 10.2. The maximum Gasteiger partial charge on any atom is 0.0666 e. The van der Waals surface area contributed by atoms with Crippen molar-refractivity contribution in [2.45, 2.75) is 20.4 Å². The molecular formula is C12H17N3. The Labute approximate surface area is 91.4 Å². The molecule has 0 spiro atoms. The second kappa shape index (κ2) is 6.15. The van der Waals surface area contributed by atoms with E-state index in [1.807, 2.05) is 19.1 Å². The predicted octanol–water partition coefficient (Wildman–Crippen LogP) is 2.06. The van der Waals surface area contributed by atoms with Gasteiger partial charge in [0.25, 0.3) is 0 Å². The van der Waals surface area contributed by atoms with Gasteiger partial charge >= 0.3 is 0 Å². The van der Waals surface area contributed by atoms with Crippen LogP contribution in [-0.2, 0) is 6.54 Å². The fourth-order valence-corrected chi connectivity index (χ4v) is 1.48. The van der Waals surface area contributed by atoms with Gasteiger partial charge in [-0.2, -0.15) is 5.26 Å². The third kappa shape index (κ3) is 4.09. The average Bonchev–Trinajstić information content (AvgIpc) is 2.29. The Kier molecular flexibility index (Phi) is 4.79. The highest BCUT2D eigenvalue weighted by Gasteiger charge is 2.07. The molecule has 0 aliphatic carbocycles.